The normalized spacial score (nSPS) is 16.7. The Morgan fingerprint density at radius 2 is 1.83 bits per heavy atom. The molecule has 0 amide bonds. The average molecular weight is 246 g/mol. The fourth-order valence-corrected chi connectivity index (χ4v) is 2.51. The molecule has 2 rings (SSSR count). The molecule has 1 aliphatic rings. The minimum Gasteiger partial charge on any atom is -0.356 e. The van der Waals surface area contributed by atoms with Crippen molar-refractivity contribution in [2.75, 3.05) is 18.0 Å². The van der Waals surface area contributed by atoms with Crippen LogP contribution >= 0.6 is 0 Å². The van der Waals surface area contributed by atoms with Crippen molar-refractivity contribution in [1.29, 1.82) is 0 Å². The zero-order chi connectivity index (χ0) is 13.3. The molecule has 1 aromatic rings. The Morgan fingerprint density at radius 1 is 1.22 bits per heavy atom. The van der Waals surface area contributed by atoms with Crippen molar-refractivity contribution in [3.05, 3.63) is 23.4 Å². The van der Waals surface area contributed by atoms with E-state index in [1.165, 1.54) is 42.9 Å². The summed E-state index contributed by atoms with van der Waals surface area (Å²) in [4.78, 5) is 7.15. The summed E-state index contributed by atoms with van der Waals surface area (Å²) in [6, 6.07) is 2.33. The van der Waals surface area contributed by atoms with E-state index in [-0.39, 0.29) is 5.41 Å². The third kappa shape index (κ3) is 2.38. The molecule has 0 N–H and O–H groups in total. The van der Waals surface area contributed by atoms with Gasteiger partial charge in [0, 0.05) is 19.3 Å². The second-order valence-corrected chi connectivity index (χ2v) is 6.44. The summed E-state index contributed by atoms with van der Waals surface area (Å²) in [6.07, 6.45) is 4.70. The number of anilines is 1. The predicted molar refractivity (Wildman–Crippen MR) is 78.3 cm³/mol. The lowest BCUT2D eigenvalue weighted by molar-refractivity contribution is 0.371. The van der Waals surface area contributed by atoms with Gasteiger partial charge in [0.05, 0.1) is 0 Å². The second-order valence-electron chi connectivity index (χ2n) is 6.44. The first-order valence-electron chi connectivity index (χ1n) is 7.15. The van der Waals surface area contributed by atoms with Gasteiger partial charge in [0.25, 0.3) is 0 Å². The summed E-state index contributed by atoms with van der Waals surface area (Å²) >= 11 is 0. The number of hydrogen-bond donors (Lipinski definition) is 0. The van der Waals surface area contributed by atoms with E-state index in [9.17, 15) is 0 Å². The topological polar surface area (TPSA) is 16.1 Å². The van der Waals surface area contributed by atoms with Gasteiger partial charge in [0.2, 0.25) is 0 Å². The summed E-state index contributed by atoms with van der Waals surface area (Å²) in [5.74, 6) is 1.81. The molecular formula is C16H26N2. The Morgan fingerprint density at radius 3 is 2.33 bits per heavy atom. The van der Waals surface area contributed by atoms with Crippen LogP contribution in [-0.2, 0) is 5.41 Å². The lowest BCUT2D eigenvalue weighted by Crippen LogP contribution is -2.26. The first-order chi connectivity index (χ1) is 8.43. The van der Waals surface area contributed by atoms with Crippen molar-refractivity contribution in [1.82, 2.24) is 4.98 Å². The molecule has 0 bridgehead atoms. The Bertz CT molecular complexity index is 415. The summed E-state index contributed by atoms with van der Waals surface area (Å²) in [7, 11) is 0. The van der Waals surface area contributed by atoms with Crippen molar-refractivity contribution < 1.29 is 0 Å². The molecule has 0 aliphatic carbocycles. The van der Waals surface area contributed by atoms with Crippen LogP contribution in [0.1, 0.15) is 51.7 Å². The molecule has 0 radical (unpaired) electrons. The van der Waals surface area contributed by atoms with Crippen LogP contribution in [-0.4, -0.2) is 18.1 Å². The van der Waals surface area contributed by atoms with Crippen molar-refractivity contribution in [2.24, 2.45) is 5.92 Å². The van der Waals surface area contributed by atoms with E-state index in [1.807, 2.05) is 0 Å². The van der Waals surface area contributed by atoms with Gasteiger partial charge >= 0.3 is 0 Å². The lowest BCUT2D eigenvalue weighted by Gasteiger charge is -2.30. The fraction of sp³-hybridized carbons (Fsp3) is 0.688. The van der Waals surface area contributed by atoms with E-state index < -0.39 is 0 Å². The molecule has 1 aliphatic heterocycles. The Balaban J connectivity index is 2.30. The minimum absolute atomic E-state index is 0.196. The molecule has 1 fully saturated rings. The largest absolute Gasteiger partial charge is 0.356 e. The van der Waals surface area contributed by atoms with Gasteiger partial charge in [-0.2, -0.15) is 0 Å². The zero-order valence-electron chi connectivity index (χ0n) is 12.5. The van der Waals surface area contributed by atoms with Crippen LogP contribution in [0.25, 0.3) is 0 Å². The number of nitrogens with zero attached hydrogens (tertiary/aromatic N) is 2. The van der Waals surface area contributed by atoms with Crippen LogP contribution in [0.5, 0.6) is 0 Å². The van der Waals surface area contributed by atoms with Crippen LogP contribution in [0.3, 0.4) is 0 Å². The molecule has 18 heavy (non-hydrogen) atoms. The maximum atomic E-state index is 4.73. The standard InChI is InChI=1S/C16H26N2/c1-12(2)16(4,5)14-10-13(3)15(17-11-14)18-8-6-7-9-18/h10-12H,6-9H2,1-5H3. The Labute approximate surface area is 111 Å². The maximum absolute atomic E-state index is 4.73. The van der Waals surface area contributed by atoms with Gasteiger partial charge in [-0.25, -0.2) is 4.98 Å². The first kappa shape index (κ1) is 13.4. The predicted octanol–water partition coefficient (Wildman–Crippen LogP) is 3.92. The van der Waals surface area contributed by atoms with Gasteiger partial charge < -0.3 is 4.90 Å². The molecule has 0 spiro atoms. The highest BCUT2D eigenvalue weighted by molar-refractivity contribution is 5.49. The molecule has 0 atom stereocenters. The number of aryl methyl sites for hydroxylation is 1. The SMILES string of the molecule is Cc1cc(C(C)(C)C(C)C)cnc1N1CCCC1. The lowest BCUT2D eigenvalue weighted by atomic mass is 9.75. The van der Waals surface area contributed by atoms with E-state index in [0.717, 1.165) is 0 Å². The van der Waals surface area contributed by atoms with Crippen LogP contribution < -0.4 is 4.90 Å². The van der Waals surface area contributed by atoms with Crippen LogP contribution in [0.15, 0.2) is 12.3 Å². The smallest absolute Gasteiger partial charge is 0.131 e. The van der Waals surface area contributed by atoms with Crippen molar-refractivity contribution in [3.63, 3.8) is 0 Å². The molecular weight excluding hydrogens is 220 g/mol. The highest BCUT2D eigenvalue weighted by Crippen LogP contribution is 2.33. The third-order valence-electron chi connectivity index (χ3n) is 4.64. The summed E-state index contributed by atoms with van der Waals surface area (Å²) in [5.41, 5.74) is 2.88. The van der Waals surface area contributed by atoms with Gasteiger partial charge in [-0.1, -0.05) is 33.8 Å². The van der Waals surface area contributed by atoms with Crippen LogP contribution in [0.4, 0.5) is 5.82 Å². The highest BCUT2D eigenvalue weighted by atomic mass is 15.2. The maximum Gasteiger partial charge on any atom is 0.131 e. The van der Waals surface area contributed by atoms with Gasteiger partial charge in [0.1, 0.15) is 5.82 Å². The van der Waals surface area contributed by atoms with Gasteiger partial charge in [-0.3, -0.25) is 0 Å². The van der Waals surface area contributed by atoms with E-state index in [0.29, 0.717) is 5.92 Å². The van der Waals surface area contributed by atoms with E-state index >= 15 is 0 Å². The number of hydrogen-bond acceptors (Lipinski definition) is 2. The summed E-state index contributed by atoms with van der Waals surface area (Å²) < 4.78 is 0. The second kappa shape index (κ2) is 4.91. The molecule has 1 saturated heterocycles. The van der Waals surface area contributed by atoms with E-state index in [1.54, 1.807) is 0 Å². The number of aromatic nitrogens is 1. The highest BCUT2D eigenvalue weighted by Gasteiger charge is 2.26. The van der Waals surface area contributed by atoms with E-state index in [4.69, 9.17) is 4.98 Å². The molecule has 2 nitrogen and oxygen atoms in total. The quantitative estimate of drug-likeness (QED) is 0.803. The summed E-state index contributed by atoms with van der Waals surface area (Å²) in [5, 5.41) is 0. The minimum atomic E-state index is 0.196. The third-order valence-corrected chi connectivity index (χ3v) is 4.64. The zero-order valence-corrected chi connectivity index (χ0v) is 12.5. The number of pyridine rings is 1. The van der Waals surface area contributed by atoms with Crippen molar-refractivity contribution in [2.45, 2.75) is 52.9 Å². The summed E-state index contributed by atoms with van der Waals surface area (Å²) in [6.45, 7) is 13.7. The Kier molecular flexibility index (Phi) is 3.65. The monoisotopic (exact) mass is 246 g/mol. The van der Waals surface area contributed by atoms with Crippen LogP contribution in [0.2, 0.25) is 0 Å². The molecule has 0 saturated carbocycles. The fourth-order valence-electron chi connectivity index (χ4n) is 2.51. The first-order valence-corrected chi connectivity index (χ1v) is 7.15. The van der Waals surface area contributed by atoms with Gasteiger partial charge in [-0.05, 0) is 42.2 Å². The number of rotatable bonds is 3. The molecule has 2 heterocycles. The molecule has 0 aromatic carbocycles. The molecule has 0 unspecified atom stereocenters. The van der Waals surface area contributed by atoms with Gasteiger partial charge in [-0.15, -0.1) is 0 Å². The van der Waals surface area contributed by atoms with Gasteiger partial charge in [0.15, 0.2) is 0 Å². The van der Waals surface area contributed by atoms with Crippen LogP contribution in [0, 0.1) is 12.8 Å². The molecule has 1 aromatic heterocycles. The Hall–Kier alpha value is -1.05. The van der Waals surface area contributed by atoms with E-state index in [2.05, 4.69) is 51.8 Å². The molecule has 2 heteroatoms. The molecule has 100 valence electrons. The average Bonchev–Trinajstić information content (AvgIpc) is 2.82. The van der Waals surface area contributed by atoms with Crippen molar-refractivity contribution in [3.8, 4) is 0 Å². The van der Waals surface area contributed by atoms with Crippen molar-refractivity contribution >= 4 is 5.82 Å².